The maximum atomic E-state index is 11.9. The van der Waals surface area contributed by atoms with Gasteiger partial charge in [-0.2, -0.15) is 5.10 Å². The van der Waals surface area contributed by atoms with Gasteiger partial charge < -0.3 is 14.3 Å². The summed E-state index contributed by atoms with van der Waals surface area (Å²) < 4.78 is 11.1. The van der Waals surface area contributed by atoms with Crippen LogP contribution >= 0.6 is 0 Å². The lowest BCUT2D eigenvalue weighted by atomic mass is 10.1. The van der Waals surface area contributed by atoms with E-state index in [0.717, 1.165) is 11.1 Å². The Bertz CT molecular complexity index is 1070. The quantitative estimate of drug-likeness (QED) is 0.471. The van der Waals surface area contributed by atoms with Crippen molar-refractivity contribution in [3.8, 4) is 17.1 Å². The van der Waals surface area contributed by atoms with Crippen molar-refractivity contribution < 1.29 is 23.8 Å². The van der Waals surface area contributed by atoms with Gasteiger partial charge in [-0.3, -0.25) is 4.79 Å². The monoisotopic (exact) mass is 392 g/mol. The molecule has 0 aliphatic heterocycles. The Morgan fingerprint density at radius 3 is 2.72 bits per heavy atom. The van der Waals surface area contributed by atoms with Crippen LogP contribution in [0.25, 0.3) is 11.3 Å². The van der Waals surface area contributed by atoms with Gasteiger partial charge in [-0.05, 0) is 49.7 Å². The van der Waals surface area contributed by atoms with Crippen LogP contribution in [-0.4, -0.2) is 29.8 Å². The molecule has 0 spiro atoms. The largest absolute Gasteiger partial charge is 0.483 e. The Balaban J connectivity index is 1.55. The second kappa shape index (κ2) is 8.88. The molecule has 1 amide bonds. The molecule has 0 aliphatic rings. The lowest BCUT2D eigenvalue weighted by molar-refractivity contribution is -0.123. The lowest BCUT2D eigenvalue weighted by Gasteiger charge is -2.08. The molecule has 1 aromatic heterocycles. The molecule has 0 saturated carbocycles. The van der Waals surface area contributed by atoms with Crippen LogP contribution in [0.2, 0.25) is 0 Å². The Kier molecular flexibility index (Phi) is 6.09. The number of benzene rings is 2. The molecule has 3 aromatic rings. The molecule has 7 heteroatoms. The number of ether oxygens (including phenoxy) is 1. The zero-order valence-corrected chi connectivity index (χ0v) is 16.0. The maximum absolute atomic E-state index is 11.9. The van der Waals surface area contributed by atoms with E-state index in [-0.39, 0.29) is 12.2 Å². The van der Waals surface area contributed by atoms with Crippen molar-refractivity contribution >= 4 is 18.1 Å². The van der Waals surface area contributed by atoms with Crippen LogP contribution in [0.4, 0.5) is 0 Å². The molecule has 0 aliphatic carbocycles. The number of nitrogens with zero attached hydrogens (tertiary/aromatic N) is 1. The molecule has 29 heavy (non-hydrogen) atoms. The summed E-state index contributed by atoms with van der Waals surface area (Å²) in [6.07, 6.45) is 1.36. The van der Waals surface area contributed by atoms with Crippen LogP contribution in [0.5, 0.6) is 5.75 Å². The number of rotatable bonds is 7. The highest BCUT2D eigenvalue weighted by molar-refractivity contribution is 5.89. The molecular formula is C22H20N2O5. The highest BCUT2D eigenvalue weighted by atomic mass is 16.5. The van der Waals surface area contributed by atoms with Gasteiger partial charge in [0.05, 0.1) is 11.8 Å². The van der Waals surface area contributed by atoms with Crippen molar-refractivity contribution in [2.75, 3.05) is 6.61 Å². The number of hydrazone groups is 1. The highest BCUT2D eigenvalue weighted by Gasteiger charge is 2.08. The standard InChI is InChI=1S/C22H20N2O5/c1-14-6-8-19(15(2)10-14)28-13-21(25)24-23-12-18-7-9-20(29-18)16-4-3-5-17(11-16)22(26)27/h3-12H,13H2,1-2H3,(H,24,25)(H,26,27). The molecule has 0 atom stereocenters. The van der Waals surface area contributed by atoms with Gasteiger partial charge in [-0.25, -0.2) is 10.2 Å². The van der Waals surface area contributed by atoms with Gasteiger partial charge in [0.2, 0.25) is 0 Å². The number of amides is 1. The minimum absolute atomic E-state index is 0.160. The summed E-state index contributed by atoms with van der Waals surface area (Å²) >= 11 is 0. The fraction of sp³-hybridized carbons (Fsp3) is 0.136. The van der Waals surface area contributed by atoms with E-state index >= 15 is 0 Å². The van der Waals surface area contributed by atoms with Gasteiger partial charge in [-0.1, -0.05) is 29.8 Å². The molecule has 2 N–H and O–H groups in total. The number of aromatic carboxylic acids is 1. The van der Waals surface area contributed by atoms with Crippen molar-refractivity contribution in [2.24, 2.45) is 5.10 Å². The number of carboxylic acids is 1. The van der Waals surface area contributed by atoms with Gasteiger partial charge in [-0.15, -0.1) is 0 Å². The first-order valence-electron chi connectivity index (χ1n) is 8.88. The lowest BCUT2D eigenvalue weighted by Crippen LogP contribution is -2.24. The number of furan rings is 1. The zero-order valence-electron chi connectivity index (χ0n) is 16.0. The average Bonchev–Trinajstić information content (AvgIpc) is 3.16. The Hall–Kier alpha value is -3.87. The molecule has 7 nitrogen and oxygen atoms in total. The Morgan fingerprint density at radius 1 is 1.14 bits per heavy atom. The van der Waals surface area contributed by atoms with Crippen LogP contribution < -0.4 is 10.2 Å². The highest BCUT2D eigenvalue weighted by Crippen LogP contribution is 2.22. The van der Waals surface area contributed by atoms with Crippen molar-refractivity contribution in [3.63, 3.8) is 0 Å². The molecule has 0 saturated heterocycles. The fourth-order valence-corrected chi connectivity index (χ4v) is 2.69. The smallest absolute Gasteiger partial charge is 0.335 e. The summed E-state index contributed by atoms with van der Waals surface area (Å²) in [5.74, 6) is 0.150. The first kappa shape index (κ1) is 19.9. The van der Waals surface area contributed by atoms with Crippen LogP contribution in [0, 0.1) is 13.8 Å². The van der Waals surface area contributed by atoms with Crippen molar-refractivity contribution in [2.45, 2.75) is 13.8 Å². The Morgan fingerprint density at radius 2 is 1.97 bits per heavy atom. The third-order valence-electron chi connectivity index (χ3n) is 4.09. The number of carbonyl (C=O) groups is 2. The third kappa shape index (κ3) is 5.32. The zero-order chi connectivity index (χ0) is 20.8. The summed E-state index contributed by atoms with van der Waals surface area (Å²) in [4.78, 5) is 22.9. The number of carbonyl (C=O) groups excluding carboxylic acids is 1. The summed E-state index contributed by atoms with van der Waals surface area (Å²) in [5.41, 5.74) is 5.26. The fourth-order valence-electron chi connectivity index (χ4n) is 2.69. The molecular weight excluding hydrogens is 372 g/mol. The van der Waals surface area contributed by atoms with E-state index in [9.17, 15) is 9.59 Å². The van der Waals surface area contributed by atoms with Gasteiger partial charge in [0, 0.05) is 5.56 Å². The molecule has 0 fully saturated rings. The summed E-state index contributed by atoms with van der Waals surface area (Å²) in [7, 11) is 0. The van der Waals surface area contributed by atoms with Gasteiger partial charge in [0.1, 0.15) is 17.3 Å². The van der Waals surface area contributed by atoms with Crippen LogP contribution in [0.15, 0.2) is 64.1 Å². The first-order valence-corrected chi connectivity index (χ1v) is 8.88. The van der Waals surface area contributed by atoms with Crippen LogP contribution in [0.3, 0.4) is 0 Å². The maximum Gasteiger partial charge on any atom is 0.335 e. The minimum atomic E-state index is -1.01. The molecule has 148 valence electrons. The predicted molar refractivity (Wildman–Crippen MR) is 108 cm³/mol. The topological polar surface area (TPSA) is 101 Å². The van der Waals surface area contributed by atoms with Gasteiger partial charge in [0.15, 0.2) is 6.61 Å². The molecule has 0 bridgehead atoms. The second-order valence-corrected chi connectivity index (χ2v) is 6.44. The molecule has 3 rings (SSSR count). The number of hydrogen-bond acceptors (Lipinski definition) is 5. The third-order valence-corrected chi connectivity index (χ3v) is 4.09. The van der Waals surface area contributed by atoms with Crippen LogP contribution in [-0.2, 0) is 4.79 Å². The van der Waals surface area contributed by atoms with E-state index < -0.39 is 11.9 Å². The van der Waals surface area contributed by atoms with E-state index in [0.29, 0.717) is 22.8 Å². The summed E-state index contributed by atoms with van der Waals surface area (Å²) in [6, 6.07) is 15.5. The molecule has 0 radical (unpaired) electrons. The first-order chi connectivity index (χ1) is 13.9. The summed E-state index contributed by atoms with van der Waals surface area (Å²) in [5, 5.41) is 12.9. The molecule has 1 heterocycles. The normalized spacial score (nSPS) is 10.8. The van der Waals surface area contributed by atoms with Crippen molar-refractivity contribution in [3.05, 3.63) is 77.0 Å². The minimum Gasteiger partial charge on any atom is -0.483 e. The van der Waals surface area contributed by atoms with E-state index in [1.54, 1.807) is 24.3 Å². The van der Waals surface area contributed by atoms with Gasteiger partial charge >= 0.3 is 5.97 Å². The Labute approximate surface area is 167 Å². The predicted octanol–water partition coefficient (Wildman–Crippen LogP) is 3.79. The number of aryl methyl sites for hydroxylation is 2. The van der Waals surface area contributed by atoms with Crippen molar-refractivity contribution in [1.82, 2.24) is 5.43 Å². The number of nitrogens with one attached hydrogen (secondary N) is 1. The summed E-state index contributed by atoms with van der Waals surface area (Å²) in [6.45, 7) is 3.74. The molecule has 0 unspecified atom stereocenters. The SMILES string of the molecule is Cc1ccc(OCC(=O)NN=Cc2ccc(-c3cccc(C(=O)O)c3)o2)c(C)c1. The van der Waals surface area contributed by atoms with Gasteiger partial charge in [0.25, 0.3) is 5.91 Å². The van der Waals surface area contributed by atoms with Crippen LogP contribution in [0.1, 0.15) is 27.2 Å². The second-order valence-electron chi connectivity index (χ2n) is 6.44. The van der Waals surface area contributed by atoms with E-state index in [1.807, 2.05) is 32.0 Å². The van der Waals surface area contributed by atoms with Crippen molar-refractivity contribution in [1.29, 1.82) is 0 Å². The van der Waals surface area contributed by atoms with E-state index in [1.165, 1.54) is 18.3 Å². The molecule has 2 aromatic carbocycles. The number of carboxylic acid groups (broad SMARTS) is 1. The van der Waals surface area contributed by atoms with E-state index in [4.69, 9.17) is 14.3 Å². The van der Waals surface area contributed by atoms with E-state index in [2.05, 4.69) is 10.5 Å². The average molecular weight is 392 g/mol. The number of hydrogen-bond donors (Lipinski definition) is 2.